The molecule has 5 nitrogen and oxygen atoms in total. The second-order valence-corrected chi connectivity index (χ2v) is 6.12. The lowest BCUT2D eigenvalue weighted by Gasteiger charge is -2.29. The fourth-order valence-electron chi connectivity index (χ4n) is 2.14. The Morgan fingerprint density at radius 3 is 2.33 bits per heavy atom. The maximum absolute atomic E-state index is 12.5. The van der Waals surface area contributed by atoms with Crippen LogP contribution < -0.4 is 4.74 Å². The molecule has 0 radical (unpaired) electrons. The summed E-state index contributed by atoms with van der Waals surface area (Å²) >= 11 is 3.33. The van der Waals surface area contributed by atoms with E-state index in [2.05, 4.69) is 15.9 Å². The van der Waals surface area contributed by atoms with E-state index in [1.807, 2.05) is 12.1 Å². The lowest BCUT2D eigenvalue weighted by atomic mass is 10.2. The molecular weight excluding hydrogens is 338 g/mol. The number of halogens is 1. The fraction of sp³-hybridized carbons (Fsp3) is 0.467. The van der Waals surface area contributed by atoms with E-state index in [1.165, 1.54) is 11.8 Å². The highest BCUT2D eigenvalue weighted by Gasteiger charge is 2.40. The highest BCUT2D eigenvalue weighted by atomic mass is 79.9. The molecule has 0 saturated heterocycles. The molecule has 1 aromatic rings. The number of carboxylic acids is 1. The minimum absolute atomic E-state index is 0.0274. The minimum Gasteiger partial charge on any atom is -0.481 e. The Labute approximate surface area is 132 Å². The zero-order chi connectivity index (χ0) is 15.6. The highest BCUT2D eigenvalue weighted by molar-refractivity contribution is 9.10. The third-order valence-corrected chi connectivity index (χ3v) is 3.97. The molecule has 0 aromatic heterocycles. The van der Waals surface area contributed by atoms with Crippen LogP contribution in [0.15, 0.2) is 28.7 Å². The molecule has 2 rings (SSSR count). The van der Waals surface area contributed by atoms with E-state index in [1.54, 1.807) is 19.1 Å². The molecule has 2 atom stereocenters. The fourth-order valence-corrected chi connectivity index (χ4v) is 2.40. The Hall–Kier alpha value is -1.56. The van der Waals surface area contributed by atoms with E-state index >= 15 is 0 Å². The molecule has 1 aliphatic rings. The molecule has 1 aliphatic carbocycles. The number of ether oxygens (including phenoxy) is 1. The standard InChI is InChI=1S/C15H18BrNO4/c1-9(15(19)20)17(12-5-6-12)14(18)10(2)21-13-7-3-11(16)4-8-13/h3-4,7-10,12H,5-6H2,1-2H3,(H,19,20). The van der Waals surface area contributed by atoms with Gasteiger partial charge >= 0.3 is 5.97 Å². The van der Waals surface area contributed by atoms with Crippen molar-refractivity contribution in [2.24, 2.45) is 0 Å². The molecule has 1 N–H and O–H groups in total. The van der Waals surface area contributed by atoms with Crippen molar-refractivity contribution in [2.75, 3.05) is 0 Å². The monoisotopic (exact) mass is 355 g/mol. The van der Waals surface area contributed by atoms with Crippen molar-refractivity contribution in [2.45, 2.75) is 44.9 Å². The van der Waals surface area contributed by atoms with Crippen LogP contribution in [0.5, 0.6) is 5.75 Å². The number of nitrogens with zero attached hydrogens (tertiary/aromatic N) is 1. The number of hydrogen-bond donors (Lipinski definition) is 1. The Morgan fingerprint density at radius 2 is 1.86 bits per heavy atom. The second kappa shape index (κ2) is 6.47. The third kappa shape index (κ3) is 3.97. The summed E-state index contributed by atoms with van der Waals surface area (Å²) in [6.07, 6.45) is 0.997. The van der Waals surface area contributed by atoms with Gasteiger partial charge in [-0.2, -0.15) is 0 Å². The van der Waals surface area contributed by atoms with Crippen LogP contribution in [-0.2, 0) is 9.59 Å². The summed E-state index contributed by atoms with van der Waals surface area (Å²) in [5, 5.41) is 9.14. The van der Waals surface area contributed by atoms with Crippen LogP contribution in [0, 0.1) is 0 Å². The number of hydrogen-bond acceptors (Lipinski definition) is 3. The van der Waals surface area contributed by atoms with Crippen molar-refractivity contribution < 1.29 is 19.4 Å². The van der Waals surface area contributed by atoms with Gasteiger partial charge in [-0.25, -0.2) is 4.79 Å². The van der Waals surface area contributed by atoms with Gasteiger partial charge in [0, 0.05) is 10.5 Å². The Morgan fingerprint density at radius 1 is 1.29 bits per heavy atom. The summed E-state index contributed by atoms with van der Waals surface area (Å²) in [6.45, 7) is 3.18. The largest absolute Gasteiger partial charge is 0.481 e. The van der Waals surface area contributed by atoms with Crippen molar-refractivity contribution in [1.82, 2.24) is 4.90 Å². The van der Waals surface area contributed by atoms with Gasteiger partial charge in [0.05, 0.1) is 0 Å². The van der Waals surface area contributed by atoms with Gasteiger partial charge in [0.15, 0.2) is 6.10 Å². The number of rotatable bonds is 6. The first-order valence-corrected chi connectivity index (χ1v) is 7.66. The molecule has 2 unspecified atom stereocenters. The van der Waals surface area contributed by atoms with Crippen LogP contribution in [0.1, 0.15) is 26.7 Å². The van der Waals surface area contributed by atoms with E-state index in [0.29, 0.717) is 5.75 Å². The minimum atomic E-state index is -0.994. The van der Waals surface area contributed by atoms with Crippen molar-refractivity contribution in [1.29, 1.82) is 0 Å². The molecule has 1 aromatic carbocycles. The molecule has 6 heteroatoms. The number of aliphatic carboxylic acids is 1. The molecule has 0 spiro atoms. The summed E-state index contributed by atoms with van der Waals surface area (Å²) < 4.78 is 6.54. The molecular formula is C15H18BrNO4. The number of benzene rings is 1. The molecule has 0 bridgehead atoms. The third-order valence-electron chi connectivity index (χ3n) is 3.44. The number of carbonyl (C=O) groups excluding carboxylic acids is 1. The van der Waals surface area contributed by atoms with Gasteiger partial charge in [-0.15, -0.1) is 0 Å². The highest BCUT2D eigenvalue weighted by Crippen LogP contribution is 2.30. The average molecular weight is 356 g/mol. The Balaban J connectivity index is 2.05. The van der Waals surface area contributed by atoms with Gasteiger partial charge in [-0.1, -0.05) is 15.9 Å². The van der Waals surface area contributed by atoms with Gasteiger partial charge < -0.3 is 14.7 Å². The molecule has 1 saturated carbocycles. The summed E-state index contributed by atoms with van der Waals surface area (Å²) in [5.74, 6) is -0.695. The SMILES string of the molecule is CC(Oc1ccc(Br)cc1)C(=O)N(C1CC1)C(C)C(=O)O. The number of carboxylic acid groups (broad SMARTS) is 1. The first kappa shape index (κ1) is 15.8. The topological polar surface area (TPSA) is 66.8 Å². The molecule has 114 valence electrons. The smallest absolute Gasteiger partial charge is 0.326 e. The van der Waals surface area contributed by atoms with Gasteiger partial charge in [-0.05, 0) is 51.0 Å². The van der Waals surface area contributed by atoms with Gasteiger partial charge in [-0.3, -0.25) is 4.79 Å². The van der Waals surface area contributed by atoms with E-state index in [9.17, 15) is 9.59 Å². The van der Waals surface area contributed by atoms with Crippen LogP contribution in [0.4, 0.5) is 0 Å². The zero-order valence-corrected chi connectivity index (χ0v) is 13.5. The predicted molar refractivity (Wildman–Crippen MR) is 81.2 cm³/mol. The van der Waals surface area contributed by atoms with Crippen molar-refractivity contribution in [3.63, 3.8) is 0 Å². The average Bonchev–Trinajstić information content (AvgIpc) is 3.25. The lowest BCUT2D eigenvalue weighted by Crippen LogP contribution is -2.49. The predicted octanol–water partition coefficient (Wildman–Crippen LogP) is 2.68. The van der Waals surface area contributed by atoms with Crippen molar-refractivity contribution in [3.8, 4) is 5.75 Å². The van der Waals surface area contributed by atoms with Gasteiger partial charge in [0.25, 0.3) is 5.91 Å². The van der Waals surface area contributed by atoms with Gasteiger partial charge in [0.1, 0.15) is 11.8 Å². The van der Waals surface area contributed by atoms with E-state index in [0.717, 1.165) is 17.3 Å². The Kier molecular flexibility index (Phi) is 4.88. The lowest BCUT2D eigenvalue weighted by molar-refractivity contribution is -0.153. The summed E-state index contributed by atoms with van der Waals surface area (Å²) in [6, 6.07) is 6.36. The van der Waals surface area contributed by atoms with Crippen molar-refractivity contribution in [3.05, 3.63) is 28.7 Å². The normalized spacial score (nSPS) is 16.9. The van der Waals surface area contributed by atoms with Crippen LogP contribution in [0.2, 0.25) is 0 Å². The summed E-state index contributed by atoms with van der Waals surface area (Å²) in [4.78, 5) is 25.1. The van der Waals surface area contributed by atoms with E-state index < -0.39 is 18.1 Å². The molecule has 0 heterocycles. The summed E-state index contributed by atoms with van der Waals surface area (Å²) in [7, 11) is 0. The number of carbonyl (C=O) groups is 2. The molecule has 1 amide bonds. The first-order valence-electron chi connectivity index (χ1n) is 6.87. The van der Waals surface area contributed by atoms with Gasteiger partial charge in [0.2, 0.25) is 0 Å². The van der Waals surface area contributed by atoms with Crippen LogP contribution in [0.25, 0.3) is 0 Å². The number of amides is 1. The quantitative estimate of drug-likeness (QED) is 0.851. The molecule has 21 heavy (non-hydrogen) atoms. The second-order valence-electron chi connectivity index (χ2n) is 5.20. The van der Waals surface area contributed by atoms with Crippen LogP contribution in [0.3, 0.4) is 0 Å². The first-order chi connectivity index (χ1) is 9.90. The Bertz CT molecular complexity index is 527. The van der Waals surface area contributed by atoms with Crippen LogP contribution >= 0.6 is 15.9 Å². The van der Waals surface area contributed by atoms with Crippen LogP contribution in [-0.4, -0.2) is 40.1 Å². The summed E-state index contributed by atoms with van der Waals surface area (Å²) in [5.41, 5.74) is 0. The molecule has 0 aliphatic heterocycles. The van der Waals surface area contributed by atoms with Crippen molar-refractivity contribution >= 4 is 27.8 Å². The molecule has 1 fully saturated rings. The van der Waals surface area contributed by atoms with E-state index in [-0.39, 0.29) is 11.9 Å². The maximum Gasteiger partial charge on any atom is 0.326 e. The zero-order valence-electron chi connectivity index (χ0n) is 12.0. The van der Waals surface area contributed by atoms with E-state index in [4.69, 9.17) is 9.84 Å². The maximum atomic E-state index is 12.5.